The molecule has 6 nitrogen and oxygen atoms in total. The topological polar surface area (TPSA) is 78.6 Å². The predicted octanol–water partition coefficient (Wildman–Crippen LogP) is 2.33. The summed E-state index contributed by atoms with van der Waals surface area (Å²) >= 11 is 3.22. The van der Waals surface area contributed by atoms with Crippen LogP contribution < -0.4 is 5.32 Å². The summed E-state index contributed by atoms with van der Waals surface area (Å²) < 4.78 is 25.4. The number of rotatable bonds is 9. The number of aliphatic hydroxyl groups excluding tert-OH is 1. The number of hydrogen-bond acceptors (Lipinski definition) is 5. The van der Waals surface area contributed by atoms with Crippen LogP contribution in [0.5, 0.6) is 0 Å². The lowest BCUT2D eigenvalue weighted by molar-refractivity contribution is -0.384. The molecule has 0 atom stereocenters. The van der Waals surface area contributed by atoms with Crippen molar-refractivity contribution in [1.29, 1.82) is 0 Å². The van der Waals surface area contributed by atoms with Crippen LogP contribution in [0.2, 0.25) is 0 Å². The number of nitrogens with one attached hydrogen (secondary N) is 1. The molecule has 0 bridgehead atoms. The quantitative estimate of drug-likeness (QED) is 0.517. The maximum Gasteiger partial charge on any atom is 0.292 e. The Morgan fingerprint density at radius 3 is 2.71 bits per heavy atom. The Labute approximate surface area is 129 Å². The molecule has 0 aliphatic heterocycles. The fraction of sp³-hybridized carbons (Fsp3) is 0.500. The first kappa shape index (κ1) is 17.7. The third-order valence-electron chi connectivity index (χ3n) is 2.71. The Balaban J connectivity index is 2.61. The zero-order valence-corrected chi connectivity index (χ0v) is 12.7. The van der Waals surface area contributed by atoms with Crippen molar-refractivity contribution in [3.8, 4) is 0 Å². The summed E-state index contributed by atoms with van der Waals surface area (Å²) in [6.07, 6.45) is -2.49. The molecule has 0 spiro atoms. The largest absolute Gasteiger partial charge is 0.395 e. The molecule has 0 aromatic heterocycles. The van der Waals surface area contributed by atoms with Crippen molar-refractivity contribution in [2.24, 2.45) is 0 Å². The summed E-state index contributed by atoms with van der Waals surface area (Å²) in [7, 11) is 0. The Morgan fingerprint density at radius 2 is 2.14 bits per heavy atom. The lowest BCUT2D eigenvalue weighted by Gasteiger charge is -2.21. The molecule has 0 radical (unpaired) electrons. The second kappa shape index (κ2) is 8.85. The predicted molar refractivity (Wildman–Crippen MR) is 78.8 cm³/mol. The molecule has 0 aliphatic carbocycles. The smallest absolute Gasteiger partial charge is 0.292 e. The van der Waals surface area contributed by atoms with Crippen molar-refractivity contribution in [3.63, 3.8) is 0 Å². The first-order chi connectivity index (χ1) is 9.93. The molecule has 118 valence electrons. The normalized spacial score (nSPS) is 11.1. The highest BCUT2D eigenvalue weighted by molar-refractivity contribution is 9.10. The van der Waals surface area contributed by atoms with Gasteiger partial charge < -0.3 is 10.4 Å². The SMILES string of the molecule is O=[N+]([O-])c1ccc(Br)cc1NCCN(CCO)CC(F)F. The second-order valence-corrected chi connectivity index (χ2v) is 5.18. The molecule has 9 heteroatoms. The fourth-order valence-electron chi connectivity index (χ4n) is 1.79. The number of anilines is 1. The monoisotopic (exact) mass is 367 g/mol. The van der Waals surface area contributed by atoms with E-state index in [-0.39, 0.29) is 31.9 Å². The van der Waals surface area contributed by atoms with E-state index in [1.54, 1.807) is 12.1 Å². The zero-order chi connectivity index (χ0) is 15.8. The molecule has 0 unspecified atom stereocenters. The van der Waals surface area contributed by atoms with Crippen molar-refractivity contribution in [1.82, 2.24) is 4.90 Å². The summed E-state index contributed by atoms with van der Waals surface area (Å²) in [4.78, 5) is 11.8. The Morgan fingerprint density at radius 1 is 1.43 bits per heavy atom. The van der Waals surface area contributed by atoms with Crippen LogP contribution in [0.25, 0.3) is 0 Å². The molecule has 21 heavy (non-hydrogen) atoms. The average molecular weight is 368 g/mol. The van der Waals surface area contributed by atoms with Crippen molar-refractivity contribution in [3.05, 3.63) is 32.8 Å². The number of benzene rings is 1. The third kappa shape index (κ3) is 6.32. The van der Waals surface area contributed by atoms with Crippen LogP contribution in [0.4, 0.5) is 20.2 Å². The fourth-order valence-corrected chi connectivity index (χ4v) is 2.15. The van der Waals surface area contributed by atoms with Gasteiger partial charge in [0.1, 0.15) is 5.69 Å². The number of hydrogen-bond donors (Lipinski definition) is 2. The van der Waals surface area contributed by atoms with Crippen molar-refractivity contribution in [2.75, 3.05) is 38.1 Å². The molecule has 0 fully saturated rings. The minimum atomic E-state index is -2.49. The highest BCUT2D eigenvalue weighted by atomic mass is 79.9. The minimum Gasteiger partial charge on any atom is -0.395 e. The number of halogens is 3. The van der Waals surface area contributed by atoms with Gasteiger partial charge in [0.05, 0.1) is 18.1 Å². The van der Waals surface area contributed by atoms with E-state index < -0.39 is 17.9 Å². The van der Waals surface area contributed by atoms with E-state index in [0.29, 0.717) is 10.2 Å². The number of nitrogens with zero attached hydrogens (tertiary/aromatic N) is 2. The second-order valence-electron chi connectivity index (χ2n) is 4.26. The van der Waals surface area contributed by atoms with E-state index in [4.69, 9.17) is 5.11 Å². The number of aliphatic hydroxyl groups is 1. The summed E-state index contributed by atoms with van der Waals surface area (Å²) in [5.74, 6) is 0. The van der Waals surface area contributed by atoms with Crippen LogP contribution in [0.15, 0.2) is 22.7 Å². The van der Waals surface area contributed by atoms with Gasteiger partial charge in [-0.2, -0.15) is 0 Å². The van der Waals surface area contributed by atoms with Gasteiger partial charge in [0.25, 0.3) is 12.1 Å². The van der Waals surface area contributed by atoms with E-state index in [1.807, 2.05) is 0 Å². The Bertz CT molecular complexity index is 477. The summed E-state index contributed by atoms with van der Waals surface area (Å²) in [6.45, 7) is -0.0300. The van der Waals surface area contributed by atoms with Gasteiger partial charge in [-0.15, -0.1) is 0 Å². The molecule has 1 rings (SSSR count). The van der Waals surface area contributed by atoms with E-state index in [9.17, 15) is 18.9 Å². The van der Waals surface area contributed by atoms with E-state index in [2.05, 4.69) is 21.2 Å². The lowest BCUT2D eigenvalue weighted by atomic mass is 10.2. The molecular formula is C12H16BrF2N3O3. The number of alkyl halides is 2. The van der Waals surface area contributed by atoms with Crippen molar-refractivity contribution < 1.29 is 18.8 Å². The van der Waals surface area contributed by atoms with E-state index in [0.717, 1.165) is 0 Å². The molecule has 1 aromatic carbocycles. The van der Waals surface area contributed by atoms with Gasteiger partial charge in [-0.25, -0.2) is 8.78 Å². The van der Waals surface area contributed by atoms with Gasteiger partial charge in [-0.3, -0.25) is 15.0 Å². The number of nitro groups is 1. The van der Waals surface area contributed by atoms with E-state index in [1.165, 1.54) is 11.0 Å². The maximum atomic E-state index is 12.3. The molecule has 0 saturated heterocycles. The summed E-state index contributed by atoms with van der Waals surface area (Å²) in [6, 6.07) is 4.47. The average Bonchev–Trinajstić information content (AvgIpc) is 2.38. The molecular weight excluding hydrogens is 352 g/mol. The van der Waals surface area contributed by atoms with Gasteiger partial charge in [-0.1, -0.05) is 15.9 Å². The van der Waals surface area contributed by atoms with Crippen LogP contribution in [0, 0.1) is 10.1 Å². The first-order valence-electron chi connectivity index (χ1n) is 6.23. The Kier molecular flexibility index (Phi) is 7.48. The van der Waals surface area contributed by atoms with Crippen molar-refractivity contribution >= 4 is 27.3 Å². The van der Waals surface area contributed by atoms with Crippen LogP contribution in [-0.4, -0.2) is 54.1 Å². The first-order valence-corrected chi connectivity index (χ1v) is 7.02. The highest BCUT2D eigenvalue weighted by Crippen LogP contribution is 2.27. The number of nitro benzene ring substituents is 1. The maximum absolute atomic E-state index is 12.3. The van der Waals surface area contributed by atoms with Gasteiger partial charge in [0.15, 0.2) is 0 Å². The summed E-state index contributed by atoms with van der Waals surface area (Å²) in [5, 5.41) is 22.6. The zero-order valence-electron chi connectivity index (χ0n) is 11.1. The van der Waals surface area contributed by atoms with Gasteiger partial charge in [-0.05, 0) is 12.1 Å². The van der Waals surface area contributed by atoms with E-state index >= 15 is 0 Å². The molecule has 1 aromatic rings. The molecule has 0 heterocycles. The minimum absolute atomic E-state index is 0.0826. The van der Waals surface area contributed by atoms with Crippen LogP contribution >= 0.6 is 15.9 Å². The third-order valence-corrected chi connectivity index (χ3v) is 3.20. The lowest BCUT2D eigenvalue weighted by Crippen LogP contribution is -2.35. The molecule has 0 aliphatic rings. The molecule has 0 saturated carbocycles. The summed E-state index contributed by atoms with van der Waals surface area (Å²) in [5.41, 5.74) is 0.233. The molecule has 0 amide bonds. The van der Waals surface area contributed by atoms with Crippen LogP contribution in [0.3, 0.4) is 0 Å². The standard InChI is InChI=1S/C12H16BrF2N3O3/c13-9-1-2-11(18(20)21)10(7-9)16-3-4-17(5-6-19)8-12(14)15/h1-2,7,12,16,19H,3-6,8H2. The van der Waals surface area contributed by atoms with Gasteiger partial charge in [0, 0.05) is 30.2 Å². The van der Waals surface area contributed by atoms with Gasteiger partial charge >= 0.3 is 0 Å². The van der Waals surface area contributed by atoms with Crippen LogP contribution in [-0.2, 0) is 0 Å². The van der Waals surface area contributed by atoms with Crippen LogP contribution in [0.1, 0.15) is 0 Å². The highest BCUT2D eigenvalue weighted by Gasteiger charge is 2.15. The Hall–Kier alpha value is -1.32. The van der Waals surface area contributed by atoms with Gasteiger partial charge in [0.2, 0.25) is 0 Å². The molecule has 2 N–H and O–H groups in total. The van der Waals surface area contributed by atoms with Crippen molar-refractivity contribution in [2.45, 2.75) is 6.43 Å².